The second-order valence-corrected chi connectivity index (χ2v) is 6.58. The van der Waals surface area contributed by atoms with Gasteiger partial charge in [-0.15, -0.1) is 0 Å². The lowest BCUT2D eigenvalue weighted by Gasteiger charge is -2.27. The molecule has 1 atom stereocenters. The molecule has 1 saturated carbocycles. The van der Waals surface area contributed by atoms with E-state index < -0.39 is 11.9 Å². The van der Waals surface area contributed by atoms with Crippen LogP contribution in [0.25, 0.3) is 0 Å². The summed E-state index contributed by atoms with van der Waals surface area (Å²) in [6.45, 7) is 3.10. The molecule has 126 valence electrons. The summed E-state index contributed by atoms with van der Waals surface area (Å²) >= 11 is 0. The Morgan fingerprint density at radius 2 is 1.83 bits per heavy atom. The number of benzene rings is 1. The molecule has 0 radical (unpaired) electrons. The molecule has 0 spiro atoms. The van der Waals surface area contributed by atoms with E-state index in [9.17, 15) is 14.3 Å². The van der Waals surface area contributed by atoms with Crippen LogP contribution in [0.15, 0.2) is 24.3 Å². The average molecular weight is 320 g/mol. The number of aliphatic hydroxyl groups is 1. The fourth-order valence-corrected chi connectivity index (χ4v) is 3.80. The van der Waals surface area contributed by atoms with E-state index in [0.29, 0.717) is 19.1 Å². The van der Waals surface area contributed by atoms with Gasteiger partial charge in [-0.05, 0) is 25.3 Å². The molecule has 2 fully saturated rings. The van der Waals surface area contributed by atoms with Gasteiger partial charge in [0.25, 0.3) is 5.91 Å². The summed E-state index contributed by atoms with van der Waals surface area (Å²) in [4.78, 5) is 16.7. The van der Waals surface area contributed by atoms with Gasteiger partial charge in [0.2, 0.25) is 0 Å². The Morgan fingerprint density at radius 3 is 2.57 bits per heavy atom. The second-order valence-electron chi connectivity index (χ2n) is 6.58. The highest BCUT2D eigenvalue weighted by atomic mass is 19.1. The normalized spacial score (nSPS) is 22.1. The second kappa shape index (κ2) is 7.41. The Morgan fingerprint density at radius 1 is 1.09 bits per heavy atom. The molecule has 4 nitrogen and oxygen atoms in total. The van der Waals surface area contributed by atoms with Crippen LogP contribution in [0.3, 0.4) is 0 Å². The molecular weight excluding hydrogens is 295 g/mol. The monoisotopic (exact) mass is 320 g/mol. The summed E-state index contributed by atoms with van der Waals surface area (Å²) < 4.78 is 13.8. The first-order valence-electron chi connectivity index (χ1n) is 8.62. The van der Waals surface area contributed by atoms with Crippen LogP contribution < -0.4 is 0 Å². The molecule has 1 unspecified atom stereocenters. The fraction of sp³-hybridized carbons (Fsp3) is 0.611. The largest absolute Gasteiger partial charge is 0.378 e. The van der Waals surface area contributed by atoms with Gasteiger partial charge in [-0.25, -0.2) is 4.39 Å². The molecule has 1 amide bonds. The maximum Gasteiger partial charge on any atom is 0.256 e. The van der Waals surface area contributed by atoms with Crippen molar-refractivity contribution in [3.63, 3.8) is 0 Å². The van der Waals surface area contributed by atoms with Crippen molar-refractivity contribution in [1.29, 1.82) is 0 Å². The Labute approximate surface area is 136 Å². The first-order chi connectivity index (χ1) is 11.2. The Balaban J connectivity index is 1.62. The number of carbonyl (C=O) groups is 1. The molecule has 0 aromatic heterocycles. The van der Waals surface area contributed by atoms with Gasteiger partial charge in [-0.3, -0.25) is 9.69 Å². The number of carbonyl (C=O) groups excluding carboxylic acids is 1. The highest BCUT2D eigenvalue weighted by molar-refractivity contribution is 5.82. The summed E-state index contributed by atoms with van der Waals surface area (Å²) in [6.07, 6.45) is 4.62. The molecule has 1 saturated heterocycles. The molecule has 23 heavy (non-hydrogen) atoms. The van der Waals surface area contributed by atoms with E-state index in [0.717, 1.165) is 19.5 Å². The number of nitrogens with zero attached hydrogens (tertiary/aromatic N) is 2. The van der Waals surface area contributed by atoms with E-state index in [1.165, 1.54) is 37.8 Å². The van der Waals surface area contributed by atoms with Crippen LogP contribution in [0.4, 0.5) is 4.39 Å². The third-order valence-electron chi connectivity index (χ3n) is 5.12. The SMILES string of the molecule is O=C(C(O)c1ccccc1F)N1CCCN(C2CCCC2)CC1. The van der Waals surface area contributed by atoms with Crippen molar-refractivity contribution < 1.29 is 14.3 Å². The van der Waals surface area contributed by atoms with Crippen molar-refractivity contribution in [2.75, 3.05) is 26.2 Å². The summed E-state index contributed by atoms with van der Waals surface area (Å²) in [6, 6.07) is 6.60. The zero-order valence-electron chi connectivity index (χ0n) is 13.5. The molecule has 1 aliphatic heterocycles. The Hall–Kier alpha value is -1.46. The van der Waals surface area contributed by atoms with Crippen molar-refractivity contribution in [2.24, 2.45) is 0 Å². The highest BCUT2D eigenvalue weighted by Gasteiger charge is 2.29. The average Bonchev–Trinajstić information content (AvgIpc) is 2.99. The number of rotatable bonds is 3. The molecule has 5 heteroatoms. The molecular formula is C18H25FN2O2. The standard InChI is InChI=1S/C18H25FN2O2/c19-16-9-4-3-8-15(16)17(22)18(23)21-11-5-10-20(12-13-21)14-6-1-2-7-14/h3-4,8-9,14,17,22H,1-2,5-7,10-13H2. The lowest BCUT2D eigenvalue weighted by molar-refractivity contribution is -0.140. The summed E-state index contributed by atoms with van der Waals surface area (Å²) in [7, 11) is 0. The van der Waals surface area contributed by atoms with Gasteiger partial charge in [-0.1, -0.05) is 31.0 Å². The van der Waals surface area contributed by atoms with Crippen LogP contribution in [0, 0.1) is 5.82 Å². The molecule has 2 aliphatic rings. The van der Waals surface area contributed by atoms with Crippen LogP contribution in [-0.4, -0.2) is 53.0 Å². The minimum absolute atomic E-state index is 0.0643. The maximum atomic E-state index is 13.8. The third kappa shape index (κ3) is 3.72. The van der Waals surface area contributed by atoms with Crippen molar-refractivity contribution in [3.8, 4) is 0 Å². The van der Waals surface area contributed by atoms with Gasteiger partial charge in [0.1, 0.15) is 5.82 Å². The van der Waals surface area contributed by atoms with Crippen LogP contribution in [-0.2, 0) is 4.79 Å². The topological polar surface area (TPSA) is 43.8 Å². The smallest absolute Gasteiger partial charge is 0.256 e. The van der Waals surface area contributed by atoms with Gasteiger partial charge in [0, 0.05) is 37.8 Å². The van der Waals surface area contributed by atoms with E-state index in [1.54, 1.807) is 17.0 Å². The number of hydrogen-bond donors (Lipinski definition) is 1. The van der Waals surface area contributed by atoms with E-state index in [2.05, 4.69) is 4.90 Å². The number of halogens is 1. The zero-order chi connectivity index (χ0) is 16.2. The molecule has 1 N–H and O–H groups in total. The van der Waals surface area contributed by atoms with E-state index in [4.69, 9.17) is 0 Å². The van der Waals surface area contributed by atoms with Crippen molar-refractivity contribution >= 4 is 5.91 Å². The lowest BCUT2D eigenvalue weighted by atomic mass is 10.1. The number of amides is 1. The van der Waals surface area contributed by atoms with E-state index in [1.807, 2.05) is 0 Å². The van der Waals surface area contributed by atoms with Gasteiger partial charge in [-0.2, -0.15) is 0 Å². The van der Waals surface area contributed by atoms with Crippen LogP contribution in [0.5, 0.6) is 0 Å². The van der Waals surface area contributed by atoms with E-state index >= 15 is 0 Å². The molecule has 1 heterocycles. The Kier molecular flexibility index (Phi) is 5.28. The molecule has 0 bridgehead atoms. The zero-order valence-corrected chi connectivity index (χ0v) is 13.5. The maximum absolute atomic E-state index is 13.8. The minimum Gasteiger partial charge on any atom is -0.378 e. The van der Waals surface area contributed by atoms with Gasteiger partial charge in [0.15, 0.2) is 6.10 Å². The first kappa shape index (κ1) is 16.4. The minimum atomic E-state index is -1.41. The molecule has 3 rings (SSSR count). The summed E-state index contributed by atoms with van der Waals surface area (Å²) in [5, 5.41) is 10.2. The first-order valence-corrected chi connectivity index (χ1v) is 8.62. The summed E-state index contributed by atoms with van der Waals surface area (Å²) in [5.74, 6) is -0.917. The van der Waals surface area contributed by atoms with Crippen LogP contribution in [0.1, 0.15) is 43.8 Å². The van der Waals surface area contributed by atoms with Gasteiger partial charge < -0.3 is 10.0 Å². The van der Waals surface area contributed by atoms with Crippen molar-refractivity contribution in [2.45, 2.75) is 44.2 Å². The van der Waals surface area contributed by atoms with E-state index in [-0.39, 0.29) is 11.5 Å². The number of hydrogen-bond acceptors (Lipinski definition) is 3. The predicted molar refractivity (Wildman–Crippen MR) is 86.4 cm³/mol. The van der Waals surface area contributed by atoms with Crippen molar-refractivity contribution in [1.82, 2.24) is 9.80 Å². The third-order valence-corrected chi connectivity index (χ3v) is 5.12. The van der Waals surface area contributed by atoms with Crippen molar-refractivity contribution in [3.05, 3.63) is 35.6 Å². The summed E-state index contributed by atoms with van der Waals surface area (Å²) in [5.41, 5.74) is 0.0643. The highest BCUT2D eigenvalue weighted by Crippen LogP contribution is 2.25. The molecule has 1 aliphatic carbocycles. The molecule has 1 aromatic carbocycles. The van der Waals surface area contributed by atoms with Crippen LogP contribution >= 0.6 is 0 Å². The van der Waals surface area contributed by atoms with Gasteiger partial charge >= 0.3 is 0 Å². The Bertz CT molecular complexity index is 546. The van der Waals surface area contributed by atoms with Gasteiger partial charge in [0.05, 0.1) is 0 Å². The quantitative estimate of drug-likeness (QED) is 0.930. The molecule has 1 aromatic rings. The fourth-order valence-electron chi connectivity index (χ4n) is 3.80. The lowest BCUT2D eigenvalue weighted by Crippen LogP contribution is -2.40. The predicted octanol–water partition coefficient (Wildman–Crippen LogP) is 2.34. The number of aliphatic hydroxyl groups excluding tert-OH is 1. The van der Waals surface area contributed by atoms with Crippen LogP contribution in [0.2, 0.25) is 0 Å².